The van der Waals surface area contributed by atoms with Gasteiger partial charge in [-0.25, -0.2) is 0 Å². The first kappa shape index (κ1) is 17.8. The van der Waals surface area contributed by atoms with Crippen LogP contribution < -0.4 is 0 Å². The molecule has 1 aliphatic heterocycles. The highest BCUT2D eigenvalue weighted by atomic mass is 16.5. The van der Waals surface area contributed by atoms with E-state index in [4.69, 9.17) is 4.74 Å². The minimum atomic E-state index is 0.203. The number of nitrogens with zero attached hydrogens (tertiary/aromatic N) is 1. The van der Waals surface area contributed by atoms with Crippen molar-refractivity contribution in [3.63, 3.8) is 0 Å². The molecule has 1 saturated heterocycles. The fraction of sp³-hybridized carbons (Fsp3) is 0.409. The third kappa shape index (κ3) is 5.52. The van der Waals surface area contributed by atoms with E-state index >= 15 is 0 Å². The number of hydrogen-bond donors (Lipinski definition) is 0. The molecule has 1 heterocycles. The lowest BCUT2D eigenvalue weighted by Crippen LogP contribution is -2.36. The maximum atomic E-state index is 11.2. The summed E-state index contributed by atoms with van der Waals surface area (Å²) in [5, 5.41) is 0. The average molecular weight is 337 g/mol. The van der Waals surface area contributed by atoms with Gasteiger partial charge in [0.1, 0.15) is 5.78 Å². The second-order valence-electron chi connectivity index (χ2n) is 6.83. The third-order valence-corrected chi connectivity index (χ3v) is 4.74. The van der Waals surface area contributed by atoms with E-state index < -0.39 is 0 Å². The molecule has 2 aromatic rings. The Bertz CT molecular complexity index is 670. The molecule has 1 aliphatic rings. The van der Waals surface area contributed by atoms with Crippen LogP contribution in [0.3, 0.4) is 0 Å². The second-order valence-corrected chi connectivity index (χ2v) is 6.83. The number of ether oxygens (including phenoxy) is 1. The summed E-state index contributed by atoms with van der Waals surface area (Å²) >= 11 is 0. The number of aryl methyl sites for hydroxylation is 1. The predicted octanol–water partition coefficient (Wildman–Crippen LogP) is 3.75. The van der Waals surface area contributed by atoms with E-state index in [0.29, 0.717) is 6.42 Å². The molecule has 3 nitrogen and oxygen atoms in total. The molecule has 0 bridgehead atoms. The van der Waals surface area contributed by atoms with E-state index in [-0.39, 0.29) is 5.78 Å². The van der Waals surface area contributed by atoms with E-state index in [0.717, 1.165) is 44.8 Å². The summed E-state index contributed by atoms with van der Waals surface area (Å²) in [6.07, 6.45) is 2.83. The standard InChI is InChI=1S/C22H27NO2/c1-18(24)17-20-6-10-22(11-7-20)21-8-4-19(5-9-21)3-2-12-23-13-15-25-16-14-23/h4-11H,2-3,12-17H2,1H3. The van der Waals surface area contributed by atoms with Crippen molar-refractivity contribution in [1.29, 1.82) is 0 Å². The molecule has 0 N–H and O–H groups in total. The smallest absolute Gasteiger partial charge is 0.134 e. The summed E-state index contributed by atoms with van der Waals surface area (Å²) in [7, 11) is 0. The monoisotopic (exact) mass is 337 g/mol. The van der Waals surface area contributed by atoms with E-state index in [1.165, 1.54) is 23.1 Å². The van der Waals surface area contributed by atoms with Gasteiger partial charge in [-0.3, -0.25) is 9.69 Å². The Morgan fingerprint density at radius 1 is 0.920 bits per heavy atom. The zero-order valence-corrected chi connectivity index (χ0v) is 15.0. The van der Waals surface area contributed by atoms with Crippen molar-refractivity contribution >= 4 is 5.78 Å². The number of hydrogen-bond acceptors (Lipinski definition) is 3. The highest BCUT2D eigenvalue weighted by Crippen LogP contribution is 2.21. The van der Waals surface area contributed by atoms with Gasteiger partial charge in [-0.1, -0.05) is 48.5 Å². The van der Waals surface area contributed by atoms with E-state index in [9.17, 15) is 4.79 Å². The van der Waals surface area contributed by atoms with Crippen LogP contribution >= 0.6 is 0 Å². The molecule has 0 amide bonds. The molecule has 0 aromatic heterocycles. The molecule has 1 fully saturated rings. The van der Waals surface area contributed by atoms with Gasteiger partial charge in [0.15, 0.2) is 0 Å². The Morgan fingerprint density at radius 3 is 2.04 bits per heavy atom. The van der Waals surface area contributed by atoms with E-state index in [2.05, 4.69) is 41.3 Å². The van der Waals surface area contributed by atoms with Crippen molar-refractivity contribution in [3.05, 3.63) is 59.7 Å². The van der Waals surface area contributed by atoms with E-state index in [1.54, 1.807) is 6.92 Å². The number of ketones is 1. The van der Waals surface area contributed by atoms with Crippen molar-refractivity contribution in [2.75, 3.05) is 32.8 Å². The molecule has 0 radical (unpaired) electrons. The van der Waals surface area contributed by atoms with Crippen LogP contribution in [-0.2, 0) is 22.4 Å². The van der Waals surface area contributed by atoms with Gasteiger partial charge in [0.25, 0.3) is 0 Å². The quantitative estimate of drug-likeness (QED) is 0.771. The van der Waals surface area contributed by atoms with Gasteiger partial charge in [-0.2, -0.15) is 0 Å². The molecule has 0 aliphatic carbocycles. The Labute approximate surface area is 150 Å². The Kier molecular flexibility index (Phi) is 6.37. The SMILES string of the molecule is CC(=O)Cc1ccc(-c2ccc(CCCN3CCOCC3)cc2)cc1. The lowest BCUT2D eigenvalue weighted by atomic mass is 10.00. The van der Waals surface area contributed by atoms with E-state index in [1.807, 2.05) is 12.1 Å². The highest BCUT2D eigenvalue weighted by molar-refractivity contribution is 5.78. The van der Waals surface area contributed by atoms with Crippen molar-refractivity contribution in [2.45, 2.75) is 26.2 Å². The molecule has 0 saturated carbocycles. The fourth-order valence-corrected chi connectivity index (χ4v) is 3.30. The zero-order valence-electron chi connectivity index (χ0n) is 15.0. The summed E-state index contributed by atoms with van der Waals surface area (Å²) in [4.78, 5) is 13.7. The minimum absolute atomic E-state index is 0.203. The van der Waals surface area contributed by atoms with Crippen LogP contribution in [0.4, 0.5) is 0 Å². The van der Waals surface area contributed by atoms with Crippen molar-refractivity contribution in [3.8, 4) is 11.1 Å². The van der Waals surface area contributed by atoms with Gasteiger partial charge < -0.3 is 4.74 Å². The molecule has 3 heteroatoms. The molecule has 0 atom stereocenters. The summed E-state index contributed by atoms with van der Waals surface area (Å²) in [6, 6.07) is 17.2. The molecule has 0 spiro atoms. The van der Waals surface area contributed by atoms with Gasteiger partial charge >= 0.3 is 0 Å². The Balaban J connectivity index is 1.51. The van der Waals surface area contributed by atoms with Gasteiger partial charge in [0.05, 0.1) is 13.2 Å². The molecular weight excluding hydrogens is 310 g/mol. The van der Waals surface area contributed by atoms with Crippen LogP contribution in [0.5, 0.6) is 0 Å². The van der Waals surface area contributed by atoms with Crippen LogP contribution in [0.25, 0.3) is 11.1 Å². The molecule has 132 valence electrons. The van der Waals surface area contributed by atoms with Gasteiger partial charge in [-0.15, -0.1) is 0 Å². The minimum Gasteiger partial charge on any atom is -0.379 e. The highest BCUT2D eigenvalue weighted by Gasteiger charge is 2.09. The first-order valence-electron chi connectivity index (χ1n) is 9.18. The van der Waals surface area contributed by atoms with Crippen LogP contribution in [-0.4, -0.2) is 43.5 Å². The fourth-order valence-electron chi connectivity index (χ4n) is 3.30. The van der Waals surface area contributed by atoms with Crippen LogP contribution in [0.1, 0.15) is 24.5 Å². The topological polar surface area (TPSA) is 29.5 Å². The number of carbonyl (C=O) groups is 1. The largest absolute Gasteiger partial charge is 0.379 e. The van der Waals surface area contributed by atoms with Crippen molar-refractivity contribution < 1.29 is 9.53 Å². The maximum Gasteiger partial charge on any atom is 0.134 e. The summed E-state index contributed by atoms with van der Waals surface area (Å²) in [6.45, 7) is 6.67. The number of Topliss-reactive ketones (excluding diaryl/α,β-unsaturated/α-hetero) is 1. The lowest BCUT2D eigenvalue weighted by Gasteiger charge is -2.26. The number of rotatable bonds is 7. The van der Waals surface area contributed by atoms with Gasteiger partial charge in [-0.05, 0) is 48.6 Å². The van der Waals surface area contributed by atoms with Crippen LogP contribution in [0, 0.1) is 0 Å². The number of morpholine rings is 1. The lowest BCUT2D eigenvalue weighted by molar-refractivity contribution is -0.116. The van der Waals surface area contributed by atoms with Crippen LogP contribution in [0.15, 0.2) is 48.5 Å². The molecule has 3 rings (SSSR count). The third-order valence-electron chi connectivity index (χ3n) is 4.74. The van der Waals surface area contributed by atoms with Gasteiger partial charge in [0, 0.05) is 19.5 Å². The van der Waals surface area contributed by atoms with Gasteiger partial charge in [0.2, 0.25) is 0 Å². The summed E-state index contributed by atoms with van der Waals surface area (Å²) in [5.74, 6) is 0.203. The summed E-state index contributed by atoms with van der Waals surface area (Å²) in [5.41, 5.74) is 4.90. The zero-order chi connectivity index (χ0) is 17.5. The molecular formula is C22H27NO2. The first-order chi connectivity index (χ1) is 12.2. The van der Waals surface area contributed by atoms with Crippen molar-refractivity contribution in [1.82, 2.24) is 4.90 Å². The first-order valence-corrected chi connectivity index (χ1v) is 9.18. The second kappa shape index (κ2) is 8.93. The summed E-state index contributed by atoms with van der Waals surface area (Å²) < 4.78 is 5.39. The number of benzene rings is 2. The average Bonchev–Trinajstić information content (AvgIpc) is 2.63. The normalized spacial score (nSPS) is 15.2. The number of carbonyl (C=O) groups excluding carboxylic acids is 1. The van der Waals surface area contributed by atoms with Crippen molar-refractivity contribution in [2.24, 2.45) is 0 Å². The predicted molar refractivity (Wildman–Crippen MR) is 102 cm³/mol. The maximum absolute atomic E-state index is 11.2. The Morgan fingerprint density at radius 2 is 1.48 bits per heavy atom. The molecule has 25 heavy (non-hydrogen) atoms. The molecule has 2 aromatic carbocycles. The molecule has 0 unspecified atom stereocenters. The Hall–Kier alpha value is -1.97. The van der Waals surface area contributed by atoms with Crippen LogP contribution in [0.2, 0.25) is 0 Å².